The molecule has 1 aromatic heterocycles. The highest BCUT2D eigenvalue weighted by atomic mass is 16.5. The monoisotopic (exact) mass is 552 g/mol. The summed E-state index contributed by atoms with van der Waals surface area (Å²) in [5.41, 5.74) is 5.10. The molecule has 3 aromatic carbocycles. The van der Waals surface area contributed by atoms with E-state index in [-0.39, 0.29) is 5.41 Å². The Bertz CT molecular complexity index is 1390. The second-order valence-corrected chi connectivity index (χ2v) is 11.5. The average molecular weight is 553 g/mol. The third-order valence-corrected chi connectivity index (χ3v) is 7.31. The van der Waals surface area contributed by atoms with Gasteiger partial charge in [-0.15, -0.1) is 5.10 Å². The number of aromatic carboxylic acids is 1. The number of allylic oxidation sites excluding steroid dienone is 1. The Morgan fingerprint density at radius 3 is 2.34 bits per heavy atom. The van der Waals surface area contributed by atoms with Gasteiger partial charge in [0.25, 0.3) is 0 Å². The van der Waals surface area contributed by atoms with E-state index in [1.165, 1.54) is 5.56 Å². The molecule has 0 bridgehead atoms. The quantitative estimate of drug-likeness (QED) is 0.158. The van der Waals surface area contributed by atoms with E-state index in [4.69, 9.17) is 4.74 Å². The molecule has 1 atom stereocenters. The molecule has 0 aliphatic rings. The van der Waals surface area contributed by atoms with Crippen LogP contribution in [0.2, 0.25) is 0 Å². The van der Waals surface area contributed by atoms with Crippen molar-refractivity contribution in [2.45, 2.75) is 71.3 Å². The van der Waals surface area contributed by atoms with Crippen molar-refractivity contribution in [1.82, 2.24) is 20.6 Å². The molecule has 0 saturated carbocycles. The van der Waals surface area contributed by atoms with Gasteiger partial charge in [0.1, 0.15) is 18.2 Å². The zero-order valence-electron chi connectivity index (χ0n) is 24.2. The zero-order valence-corrected chi connectivity index (χ0v) is 24.2. The number of carboxylic acid groups (broad SMARTS) is 1. The second kappa shape index (κ2) is 14.4. The molecule has 1 heterocycles. The molecular weight excluding hydrogens is 512 g/mol. The van der Waals surface area contributed by atoms with Gasteiger partial charge in [-0.25, -0.2) is 9.89 Å². The number of aryl methyl sites for hydroxylation is 2. The fourth-order valence-corrected chi connectivity index (χ4v) is 4.74. The van der Waals surface area contributed by atoms with Crippen molar-refractivity contribution in [3.8, 4) is 5.75 Å². The SMILES string of the molecule is CC(C)(C)c1ccc(COc2ccccc2C=CC(CCCCc2nnn[nH]2)CCc2ccc(C(=O)O)cc2)cc1. The number of H-pyrrole nitrogens is 1. The van der Waals surface area contributed by atoms with E-state index in [9.17, 15) is 9.90 Å². The van der Waals surface area contributed by atoms with E-state index in [0.717, 1.165) is 66.8 Å². The molecule has 7 nitrogen and oxygen atoms in total. The first-order chi connectivity index (χ1) is 19.8. The number of nitrogens with zero attached hydrogens (tertiary/aromatic N) is 3. The standard InChI is InChI=1S/C34H40N4O3/c1-34(2,3)30-22-17-27(18-23-30)24-41-31-10-6-5-9-28(31)19-14-25(8-4-7-11-32-35-37-38-36-32)12-13-26-15-20-29(21-16-26)33(39)40/h5-6,9-10,14-23,25H,4,7-8,11-13,24H2,1-3H3,(H,39,40)(H,35,36,37,38). The summed E-state index contributed by atoms with van der Waals surface area (Å²) < 4.78 is 6.26. The van der Waals surface area contributed by atoms with Crippen LogP contribution in [0.1, 0.15) is 84.9 Å². The molecule has 0 aliphatic heterocycles. The lowest BCUT2D eigenvalue weighted by Crippen LogP contribution is -2.10. The van der Waals surface area contributed by atoms with Crippen LogP contribution >= 0.6 is 0 Å². The molecule has 4 aromatic rings. The highest BCUT2D eigenvalue weighted by Gasteiger charge is 2.13. The number of rotatable bonds is 14. The minimum absolute atomic E-state index is 0.127. The summed E-state index contributed by atoms with van der Waals surface area (Å²) in [7, 11) is 0. The van der Waals surface area contributed by atoms with E-state index in [2.05, 4.69) is 83.9 Å². The second-order valence-electron chi connectivity index (χ2n) is 11.5. The predicted octanol–water partition coefficient (Wildman–Crippen LogP) is 7.45. The molecule has 0 radical (unpaired) electrons. The Morgan fingerprint density at radius 2 is 1.66 bits per heavy atom. The van der Waals surface area contributed by atoms with Gasteiger partial charge in [0.05, 0.1) is 5.56 Å². The largest absolute Gasteiger partial charge is 0.488 e. The lowest BCUT2D eigenvalue weighted by molar-refractivity contribution is 0.0697. The number of ether oxygens (including phenoxy) is 1. The van der Waals surface area contributed by atoms with Gasteiger partial charge >= 0.3 is 5.97 Å². The average Bonchev–Trinajstić information content (AvgIpc) is 3.49. The van der Waals surface area contributed by atoms with Gasteiger partial charge in [0.2, 0.25) is 0 Å². The highest BCUT2D eigenvalue weighted by Crippen LogP contribution is 2.26. The van der Waals surface area contributed by atoms with Gasteiger partial charge in [0.15, 0.2) is 0 Å². The number of carbonyl (C=O) groups is 1. The molecule has 4 rings (SSSR count). The first-order valence-electron chi connectivity index (χ1n) is 14.3. The fraction of sp³-hybridized carbons (Fsp3) is 0.353. The van der Waals surface area contributed by atoms with E-state index in [0.29, 0.717) is 18.1 Å². The van der Waals surface area contributed by atoms with Crippen LogP contribution in [0, 0.1) is 5.92 Å². The first kappa shape index (κ1) is 29.7. The van der Waals surface area contributed by atoms with Gasteiger partial charge < -0.3 is 9.84 Å². The van der Waals surface area contributed by atoms with Gasteiger partial charge in [-0.05, 0) is 82.3 Å². The van der Waals surface area contributed by atoms with Crippen LogP contribution in [0.3, 0.4) is 0 Å². The maximum atomic E-state index is 11.2. The van der Waals surface area contributed by atoms with E-state index >= 15 is 0 Å². The topological polar surface area (TPSA) is 101 Å². The van der Waals surface area contributed by atoms with Gasteiger partial charge in [-0.2, -0.15) is 0 Å². The highest BCUT2D eigenvalue weighted by molar-refractivity contribution is 5.87. The number of benzene rings is 3. The van der Waals surface area contributed by atoms with Crippen LogP contribution in [0.15, 0.2) is 78.9 Å². The molecule has 214 valence electrons. The summed E-state index contributed by atoms with van der Waals surface area (Å²) in [6, 6.07) is 24.0. The summed E-state index contributed by atoms with van der Waals surface area (Å²) >= 11 is 0. The Labute approximate surface area is 242 Å². The lowest BCUT2D eigenvalue weighted by atomic mass is 9.87. The number of aromatic amines is 1. The third-order valence-electron chi connectivity index (χ3n) is 7.31. The third kappa shape index (κ3) is 9.41. The first-order valence-corrected chi connectivity index (χ1v) is 14.3. The molecule has 0 spiro atoms. The van der Waals surface area contributed by atoms with Crippen molar-refractivity contribution in [1.29, 1.82) is 0 Å². The number of hydrogen-bond acceptors (Lipinski definition) is 5. The van der Waals surface area contributed by atoms with Crippen LogP contribution in [-0.2, 0) is 24.9 Å². The van der Waals surface area contributed by atoms with Crippen molar-refractivity contribution in [3.05, 3.63) is 113 Å². The van der Waals surface area contributed by atoms with E-state index in [1.54, 1.807) is 12.1 Å². The molecule has 2 N–H and O–H groups in total. The summed E-state index contributed by atoms with van der Waals surface area (Å²) in [6.07, 6.45) is 10.2. The van der Waals surface area contributed by atoms with Crippen molar-refractivity contribution in [2.75, 3.05) is 0 Å². The van der Waals surface area contributed by atoms with Gasteiger partial charge in [-0.3, -0.25) is 0 Å². The number of para-hydroxylation sites is 1. The molecule has 7 heteroatoms. The predicted molar refractivity (Wildman–Crippen MR) is 162 cm³/mol. The summed E-state index contributed by atoms with van der Waals surface area (Å²) in [5.74, 6) is 1.14. The van der Waals surface area contributed by atoms with Crippen LogP contribution in [0.4, 0.5) is 0 Å². The van der Waals surface area contributed by atoms with Gasteiger partial charge in [0, 0.05) is 12.0 Å². The van der Waals surface area contributed by atoms with Crippen molar-refractivity contribution in [3.63, 3.8) is 0 Å². The summed E-state index contributed by atoms with van der Waals surface area (Å²) in [4.78, 5) is 11.2. The molecule has 1 unspecified atom stereocenters. The molecule has 0 saturated heterocycles. The Morgan fingerprint density at radius 1 is 0.927 bits per heavy atom. The maximum Gasteiger partial charge on any atom is 0.335 e. The smallest absolute Gasteiger partial charge is 0.335 e. The normalized spacial score (nSPS) is 12.5. The molecule has 0 fully saturated rings. The molecule has 0 aliphatic carbocycles. The van der Waals surface area contributed by atoms with Crippen LogP contribution < -0.4 is 4.74 Å². The molecule has 41 heavy (non-hydrogen) atoms. The number of nitrogens with one attached hydrogen (secondary N) is 1. The number of unbranched alkanes of at least 4 members (excludes halogenated alkanes) is 1. The van der Waals surface area contributed by atoms with Crippen LogP contribution in [-0.4, -0.2) is 31.7 Å². The Balaban J connectivity index is 1.40. The number of tetrazole rings is 1. The summed E-state index contributed by atoms with van der Waals surface area (Å²) in [5, 5.41) is 23.3. The number of carboxylic acids is 1. The molecular formula is C34H40N4O3. The maximum absolute atomic E-state index is 11.2. The lowest BCUT2D eigenvalue weighted by Gasteiger charge is -2.19. The van der Waals surface area contributed by atoms with Gasteiger partial charge in [-0.1, -0.05) is 93.9 Å². The minimum Gasteiger partial charge on any atom is -0.488 e. The van der Waals surface area contributed by atoms with Crippen molar-refractivity contribution in [2.24, 2.45) is 5.92 Å². The summed E-state index contributed by atoms with van der Waals surface area (Å²) in [6.45, 7) is 7.17. The Hall–Kier alpha value is -4.26. The van der Waals surface area contributed by atoms with Crippen molar-refractivity contribution < 1.29 is 14.6 Å². The van der Waals surface area contributed by atoms with E-state index in [1.807, 2.05) is 30.3 Å². The molecule has 0 amide bonds. The van der Waals surface area contributed by atoms with Crippen LogP contribution in [0.25, 0.3) is 6.08 Å². The number of hydrogen-bond donors (Lipinski definition) is 2. The van der Waals surface area contributed by atoms with Crippen LogP contribution in [0.5, 0.6) is 5.75 Å². The Kier molecular flexibility index (Phi) is 10.4. The fourth-order valence-electron chi connectivity index (χ4n) is 4.74. The minimum atomic E-state index is -0.901. The zero-order chi connectivity index (χ0) is 29.1. The van der Waals surface area contributed by atoms with Crippen molar-refractivity contribution >= 4 is 12.0 Å². The number of aromatic nitrogens is 4. The van der Waals surface area contributed by atoms with E-state index < -0.39 is 5.97 Å².